The highest BCUT2D eigenvalue weighted by Gasteiger charge is 2.58. The van der Waals surface area contributed by atoms with Gasteiger partial charge in [0.15, 0.2) is 0 Å². The third-order valence-corrected chi connectivity index (χ3v) is 4.87. The van der Waals surface area contributed by atoms with E-state index in [1.165, 1.54) is 19.3 Å². The van der Waals surface area contributed by atoms with Gasteiger partial charge in [0.25, 0.3) is 0 Å². The van der Waals surface area contributed by atoms with Gasteiger partial charge in [-0.3, -0.25) is 0 Å². The standard InChI is InChI=1S/C14H28N2O/c1-4-17-12-9-14(15,13(12,2)3)10-16-8-7-11-5-6-11/h11-12,16H,4-10,15H2,1-3H3. The molecular weight excluding hydrogens is 212 g/mol. The first-order chi connectivity index (χ1) is 7.99. The quantitative estimate of drug-likeness (QED) is 0.668. The van der Waals surface area contributed by atoms with Crippen molar-refractivity contribution in [3.05, 3.63) is 0 Å². The Hall–Kier alpha value is -0.120. The monoisotopic (exact) mass is 240 g/mol. The summed E-state index contributed by atoms with van der Waals surface area (Å²) >= 11 is 0. The molecule has 0 aromatic heterocycles. The topological polar surface area (TPSA) is 47.3 Å². The molecule has 3 N–H and O–H groups in total. The van der Waals surface area contributed by atoms with E-state index in [9.17, 15) is 0 Å². The molecule has 0 aromatic rings. The van der Waals surface area contributed by atoms with Gasteiger partial charge in [-0.05, 0) is 32.2 Å². The largest absolute Gasteiger partial charge is 0.378 e. The molecule has 0 aromatic carbocycles. The third-order valence-electron chi connectivity index (χ3n) is 4.87. The number of hydrogen-bond donors (Lipinski definition) is 2. The highest BCUT2D eigenvalue weighted by atomic mass is 16.5. The van der Waals surface area contributed by atoms with E-state index in [1.54, 1.807) is 0 Å². The minimum atomic E-state index is -0.0869. The van der Waals surface area contributed by atoms with Crippen LogP contribution in [0.15, 0.2) is 0 Å². The van der Waals surface area contributed by atoms with Gasteiger partial charge in [0.1, 0.15) is 0 Å². The van der Waals surface area contributed by atoms with Crippen molar-refractivity contribution in [3.63, 3.8) is 0 Å². The first kappa shape index (κ1) is 13.3. The summed E-state index contributed by atoms with van der Waals surface area (Å²) in [4.78, 5) is 0. The highest BCUT2D eigenvalue weighted by molar-refractivity contribution is 5.14. The van der Waals surface area contributed by atoms with Crippen molar-refractivity contribution in [3.8, 4) is 0 Å². The fourth-order valence-corrected chi connectivity index (χ4v) is 2.83. The molecule has 0 amide bonds. The van der Waals surface area contributed by atoms with E-state index in [1.807, 2.05) is 0 Å². The van der Waals surface area contributed by atoms with Crippen LogP contribution in [0.2, 0.25) is 0 Å². The number of rotatable bonds is 7. The summed E-state index contributed by atoms with van der Waals surface area (Å²) in [5.74, 6) is 1.00. The number of nitrogens with one attached hydrogen (secondary N) is 1. The van der Waals surface area contributed by atoms with Crippen LogP contribution in [0.3, 0.4) is 0 Å². The van der Waals surface area contributed by atoms with Crippen LogP contribution in [0.4, 0.5) is 0 Å². The van der Waals surface area contributed by atoms with Gasteiger partial charge in [-0.1, -0.05) is 26.7 Å². The molecule has 0 heterocycles. The molecule has 2 saturated carbocycles. The Morgan fingerprint density at radius 3 is 2.59 bits per heavy atom. The maximum absolute atomic E-state index is 6.49. The Labute approximate surface area is 105 Å². The number of hydrogen-bond acceptors (Lipinski definition) is 3. The van der Waals surface area contributed by atoms with Crippen molar-refractivity contribution in [1.29, 1.82) is 0 Å². The van der Waals surface area contributed by atoms with Crippen LogP contribution in [-0.2, 0) is 4.74 Å². The zero-order valence-corrected chi connectivity index (χ0v) is 11.6. The van der Waals surface area contributed by atoms with Crippen LogP contribution in [0.5, 0.6) is 0 Å². The van der Waals surface area contributed by atoms with Crippen LogP contribution in [0.1, 0.15) is 46.5 Å². The molecule has 2 fully saturated rings. The average Bonchev–Trinajstić information content (AvgIpc) is 3.08. The third kappa shape index (κ3) is 2.67. The van der Waals surface area contributed by atoms with Crippen LogP contribution >= 0.6 is 0 Å². The van der Waals surface area contributed by atoms with Gasteiger partial charge < -0.3 is 15.8 Å². The molecule has 2 atom stereocenters. The summed E-state index contributed by atoms with van der Waals surface area (Å²) in [5.41, 5.74) is 6.50. The summed E-state index contributed by atoms with van der Waals surface area (Å²) in [6.45, 7) is 9.37. The molecule has 0 bridgehead atoms. The van der Waals surface area contributed by atoms with Crippen molar-refractivity contribution in [1.82, 2.24) is 5.32 Å². The van der Waals surface area contributed by atoms with Crippen LogP contribution in [0, 0.1) is 11.3 Å². The molecule has 100 valence electrons. The van der Waals surface area contributed by atoms with E-state index >= 15 is 0 Å². The molecule has 0 spiro atoms. The first-order valence-electron chi connectivity index (χ1n) is 7.11. The Morgan fingerprint density at radius 1 is 1.35 bits per heavy atom. The van der Waals surface area contributed by atoms with E-state index in [-0.39, 0.29) is 11.0 Å². The summed E-state index contributed by atoms with van der Waals surface area (Å²) in [6, 6.07) is 0. The number of nitrogens with two attached hydrogens (primary N) is 1. The van der Waals surface area contributed by atoms with Crippen molar-refractivity contribution < 1.29 is 4.74 Å². The molecule has 0 radical (unpaired) electrons. The van der Waals surface area contributed by atoms with Gasteiger partial charge in [-0.15, -0.1) is 0 Å². The highest BCUT2D eigenvalue weighted by Crippen LogP contribution is 2.49. The first-order valence-corrected chi connectivity index (χ1v) is 7.11. The molecular formula is C14H28N2O. The lowest BCUT2D eigenvalue weighted by atomic mass is 9.54. The molecule has 17 heavy (non-hydrogen) atoms. The molecule has 0 saturated heterocycles. The van der Waals surface area contributed by atoms with E-state index in [2.05, 4.69) is 26.1 Å². The van der Waals surface area contributed by atoms with Crippen LogP contribution in [-0.4, -0.2) is 31.3 Å². The molecule has 3 heteroatoms. The fourth-order valence-electron chi connectivity index (χ4n) is 2.83. The zero-order valence-electron chi connectivity index (χ0n) is 11.6. The zero-order chi connectivity index (χ0) is 12.5. The van der Waals surface area contributed by atoms with Gasteiger partial charge in [-0.2, -0.15) is 0 Å². The van der Waals surface area contributed by atoms with Crippen LogP contribution < -0.4 is 11.1 Å². The maximum Gasteiger partial charge on any atom is 0.0662 e. The second kappa shape index (κ2) is 4.87. The van der Waals surface area contributed by atoms with Gasteiger partial charge in [-0.25, -0.2) is 0 Å². The Balaban J connectivity index is 1.71. The fraction of sp³-hybridized carbons (Fsp3) is 1.00. The lowest BCUT2D eigenvalue weighted by molar-refractivity contribution is -0.148. The van der Waals surface area contributed by atoms with Crippen molar-refractivity contribution in [2.24, 2.45) is 17.1 Å². The smallest absolute Gasteiger partial charge is 0.0662 e. The lowest BCUT2D eigenvalue weighted by Gasteiger charge is -2.59. The summed E-state index contributed by atoms with van der Waals surface area (Å²) in [7, 11) is 0. The molecule has 2 aliphatic carbocycles. The van der Waals surface area contributed by atoms with Gasteiger partial charge >= 0.3 is 0 Å². The van der Waals surface area contributed by atoms with E-state index in [0.29, 0.717) is 6.10 Å². The average molecular weight is 240 g/mol. The SMILES string of the molecule is CCOC1CC(N)(CNCCC2CC2)C1(C)C. The van der Waals surface area contributed by atoms with Crippen molar-refractivity contribution in [2.45, 2.75) is 58.1 Å². The number of ether oxygens (including phenoxy) is 1. The van der Waals surface area contributed by atoms with E-state index in [0.717, 1.165) is 32.0 Å². The Bertz CT molecular complexity index is 263. The Kier molecular flexibility index (Phi) is 3.81. The molecule has 3 nitrogen and oxygen atoms in total. The molecule has 0 aliphatic heterocycles. The van der Waals surface area contributed by atoms with Crippen molar-refractivity contribution in [2.75, 3.05) is 19.7 Å². The molecule has 2 unspecified atom stereocenters. The predicted octanol–water partition coefficient (Wildman–Crippen LogP) is 1.91. The summed E-state index contributed by atoms with van der Waals surface area (Å²) in [6.07, 6.45) is 5.53. The maximum atomic E-state index is 6.49. The van der Waals surface area contributed by atoms with E-state index in [4.69, 9.17) is 10.5 Å². The molecule has 2 rings (SSSR count). The Morgan fingerprint density at radius 2 is 2.06 bits per heavy atom. The normalized spacial score (nSPS) is 35.6. The van der Waals surface area contributed by atoms with Gasteiger partial charge in [0, 0.05) is 24.1 Å². The summed E-state index contributed by atoms with van der Waals surface area (Å²) in [5, 5.41) is 3.54. The lowest BCUT2D eigenvalue weighted by Crippen LogP contribution is -2.73. The van der Waals surface area contributed by atoms with Crippen LogP contribution in [0.25, 0.3) is 0 Å². The predicted molar refractivity (Wildman–Crippen MR) is 70.9 cm³/mol. The van der Waals surface area contributed by atoms with Crippen molar-refractivity contribution >= 4 is 0 Å². The van der Waals surface area contributed by atoms with Gasteiger partial charge in [0.2, 0.25) is 0 Å². The second-order valence-electron chi connectivity index (χ2n) is 6.43. The molecule has 2 aliphatic rings. The second-order valence-corrected chi connectivity index (χ2v) is 6.43. The minimum Gasteiger partial charge on any atom is -0.378 e. The van der Waals surface area contributed by atoms with Gasteiger partial charge in [0.05, 0.1) is 6.10 Å². The summed E-state index contributed by atoms with van der Waals surface area (Å²) < 4.78 is 5.74. The minimum absolute atomic E-state index is 0.0869. The van der Waals surface area contributed by atoms with E-state index < -0.39 is 0 Å².